The Morgan fingerprint density at radius 1 is 1.00 bits per heavy atom. The van der Waals surface area contributed by atoms with Crippen LogP contribution in [0.25, 0.3) is 22.7 Å². The Balaban J connectivity index is 2.00. The second-order valence-electron chi connectivity index (χ2n) is 5.04. The Hall–Kier alpha value is -2.89. The average Bonchev–Trinajstić information content (AvgIpc) is 2.61. The van der Waals surface area contributed by atoms with Crippen LogP contribution in [0.15, 0.2) is 60.7 Å². The second kappa shape index (κ2) is 7.13. The van der Waals surface area contributed by atoms with Gasteiger partial charge in [0, 0.05) is 17.0 Å². The molecule has 0 unspecified atom stereocenters. The molecule has 0 radical (unpaired) electrons. The minimum Gasteiger partial charge on any atom is -0.505 e. The summed E-state index contributed by atoms with van der Waals surface area (Å²) in [5.41, 5.74) is 1.85. The van der Waals surface area contributed by atoms with Crippen molar-refractivity contribution in [3.05, 3.63) is 71.9 Å². The zero-order chi connectivity index (χ0) is 16.9. The number of benzene rings is 2. The topological polar surface area (TPSA) is 31.4 Å². The van der Waals surface area contributed by atoms with Crippen LogP contribution in [0.4, 0.5) is 8.63 Å². The predicted octanol–water partition coefficient (Wildman–Crippen LogP) is 4.68. The lowest BCUT2D eigenvalue weighted by molar-refractivity contribution is 0.398. The van der Waals surface area contributed by atoms with Crippen molar-refractivity contribution in [1.82, 2.24) is 4.98 Å². The van der Waals surface area contributed by atoms with E-state index in [2.05, 4.69) is 9.64 Å². The third-order valence-electron chi connectivity index (χ3n) is 3.49. The van der Waals surface area contributed by atoms with Crippen LogP contribution in [-0.2, 0) is 4.65 Å². The number of ether oxygens (including phenoxy) is 1. The van der Waals surface area contributed by atoms with Crippen LogP contribution in [0.1, 0.15) is 11.3 Å². The lowest BCUT2D eigenvalue weighted by atomic mass is 10.1. The van der Waals surface area contributed by atoms with E-state index < -0.39 is 7.47 Å². The van der Waals surface area contributed by atoms with Crippen LogP contribution in [0.5, 0.6) is 5.75 Å². The number of pyridine rings is 1. The highest BCUT2D eigenvalue weighted by molar-refractivity contribution is 6.36. The van der Waals surface area contributed by atoms with Crippen molar-refractivity contribution in [2.24, 2.45) is 0 Å². The third kappa shape index (κ3) is 3.71. The van der Waals surface area contributed by atoms with Gasteiger partial charge in [0.15, 0.2) is 0 Å². The molecule has 6 heteroatoms. The van der Waals surface area contributed by atoms with Gasteiger partial charge in [0.1, 0.15) is 11.5 Å². The van der Waals surface area contributed by atoms with Crippen molar-refractivity contribution in [3.8, 4) is 5.75 Å². The van der Waals surface area contributed by atoms with Gasteiger partial charge in [-0.1, -0.05) is 24.3 Å². The molecule has 0 aliphatic rings. The highest BCUT2D eigenvalue weighted by Gasteiger charge is 2.20. The second-order valence-corrected chi connectivity index (χ2v) is 5.04. The van der Waals surface area contributed by atoms with E-state index in [0.29, 0.717) is 17.0 Å². The Labute approximate surface area is 138 Å². The fourth-order valence-electron chi connectivity index (χ4n) is 2.33. The largest absolute Gasteiger partial charge is 0.796 e. The minimum absolute atomic E-state index is 0.0513. The van der Waals surface area contributed by atoms with Crippen molar-refractivity contribution in [1.29, 1.82) is 0 Å². The maximum Gasteiger partial charge on any atom is 0.796 e. The fraction of sp³-hybridized carbons (Fsp3) is 0.0556. The zero-order valence-electron chi connectivity index (χ0n) is 12.9. The molecule has 0 atom stereocenters. The SMILES string of the molecule is COc1ccc(/C(=C/c2ccc3ccccc3n2)OB(F)F)cc1. The Morgan fingerprint density at radius 3 is 2.46 bits per heavy atom. The first-order chi connectivity index (χ1) is 11.7. The van der Waals surface area contributed by atoms with Crippen molar-refractivity contribution in [2.75, 3.05) is 7.11 Å². The summed E-state index contributed by atoms with van der Waals surface area (Å²) < 4.78 is 35.3. The summed E-state index contributed by atoms with van der Waals surface area (Å²) in [6, 6.07) is 18.0. The Kier molecular flexibility index (Phi) is 4.75. The van der Waals surface area contributed by atoms with E-state index in [1.165, 1.54) is 6.08 Å². The van der Waals surface area contributed by atoms with Crippen LogP contribution in [0, 0.1) is 0 Å². The Bertz CT molecular complexity index is 866. The predicted molar refractivity (Wildman–Crippen MR) is 91.7 cm³/mol. The molecule has 0 aliphatic carbocycles. The van der Waals surface area contributed by atoms with Crippen molar-refractivity contribution in [2.45, 2.75) is 0 Å². The third-order valence-corrected chi connectivity index (χ3v) is 3.49. The lowest BCUT2D eigenvalue weighted by Gasteiger charge is -2.10. The molecule has 0 bridgehead atoms. The number of rotatable bonds is 5. The zero-order valence-corrected chi connectivity index (χ0v) is 12.9. The molecule has 120 valence electrons. The monoisotopic (exact) mass is 325 g/mol. The van der Waals surface area contributed by atoms with Crippen LogP contribution >= 0.6 is 0 Å². The fourth-order valence-corrected chi connectivity index (χ4v) is 2.33. The molecule has 3 aromatic rings. The van der Waals surface area contributed by atoms with Crippen LogP contribution in [0.2, 0.25) is 0 Å². The number of aromatic nitrogens is 1. The van der Waals surface area contributed by atoms with Gasteiger partial charge in [-0.15, -0.1) is 0 Å². The molecule has 1 heterocycles. The Morgan fingerprint density at radius 2 is 1.75 bits per heavy atom. The quantitative estimate of drug-likeness (QED) is 0.504. The summed E-state index contributed by atoms with van der Waals surface area (Å²) in [6.45, 7) is 0. The molecular weight excluding hydrogens is 311 g/mol. The van der Waals surface area contributed by atoms with Gasteiger partial charge in [0.25, 0.3) is 0 Å². The van der Waals surface area contributed by atoms with Crippen molar-refractivity contribution < 1.29 is 18.0 Å². The van der Waals surface area contributed by atoms with Gasteiger partial charge >= 0.3 is 7.47 Å². The number of methoxy groups -OCH3 is 1. The van der Waals surface area contributed by atoms with Gasteiger partial charge in [0.05, 0.1) is 18.3 Å². The molecular formula is C18H14BF2NO2. The number of hydrogen-bond donors (Lipinski definition) is 0. The highest BCUT2D eigenvalue weighted by atomic mass is 19.2. The van der Waals surface area contributed by atoms with Crippen molar-refractivity contribution in [3.63, 3.8) is 0 Å². The number of hydrogen-bond acceptors (Lipinski definition) is 3. The average molecular weight is 325 g/mol. The molecule has 24 heavy (non-hydrogen) atoms. The van der Waals surface area contributed by atoms with Gasteiger partial charge in [-0.05, 0) is 36.4 Å². The minimum atomic E-state index is -2.92. The van der Waals surface area contributed by atoms with Gasteiger partial charge in [-0.3, -0.25) is 0 Å². The molecule has 0 saturated heterocycles. The number of para-hydroxylation sites is 1. The molecule has 1 aromatic heterocycles. The molecule has 0 N–H and O–H groups in total. The summed E-state index contributed by atoms with van der Waals surface area (Å²) in [4.78, 5) is 4.46. The van der Waals surface area contributed by atoms with E-state index in [4.69, 9.17) is 4.74 Å². The summed E-state index contributed by atoms with van der Waals surface area (Å²) >= 11 is 0. The van der Waals surface area contributed by atoms with Crippen LogP contribution in [0.3, 0.4) is 0 Å². The maximum atomic E-state index is 12.8. The first-order valence-corrected chi connectivity index (χ1v) is 7.32. The van der Waals surface area contributed by atoms with E-state index in [9.17, 15) is 8.63 Å². The van der Waals surface area contributed by atoms with E-state index in [0.717, 1.165) is 10.9 Å². The van der Waals surface area contributed by atoms with Crippen LogP contribution in [-0.4, -0.2) is 19.6 Å². The highest BCUT2D eigenvalue weighted by Crippen LogP contribution is 2.24. The van der Waals surface area contributed by atoms with E-state index in [1.54, 1.807) is 37.4 Å². The van der Waals surface area contributed by atoms with E-state index in [1.807, 2.05) is 30.3 Å². The maximum absolute atomic E-state index is 12.8. The van der Waals surface area contributed by atoms with Crippen molar-refractivity contribution >= 4 is 30.2 Å². The standard InChI is InChI=1S/C18H14BF2NO2/c1-23-16-10-7-14(8-11-16)18(24-19(20)21)12-15-9-6-13-4-2-3-5-17(13)22-15/h2-12H,1H3/b18-12-. The summed E-state index contributed by atoms with van der Waals surface area (Å²) in [6.07, 6.45) is 1.50. The summed E-state index contributed by atoms with van der Waals surface area (Å²) in [5, 5.41) is 0.982. The molecule has 0 spiro atoms. The molecule has 2 aromatic carbocycles. The molecule has 0 fully saturated rings. The summed E-state index contributed by atoms with van der Waals surface area (Å²) in [7, 11) is -1.38. The van der Waals surface area contributed by atoms with Crippen LogP contribution < -0.4 is 4.74 Å². The van der Waals surface area contributed by atoms with Gasteiger partial charge in [-0.25, -0.2) is 13.6 Å². The normalized spacial score (nSPS) is 11.4. The molecule has 3 rings (SSSR count). The van der Waals surface area contributed by atoms with Gasteiger partial charge in [-0.2, -0.15) is 0 Å². The molecule has 0 saturated carbocycles. The van der Waals surface area contributed by atoms with Gasteiger partial charge in [0.2, 0.25) is 0 Å². The lowest BCUT2D eigenvalue weighted by Crippen LogP contribution is -2.04. The number of nitrogens with zero attached hydrogens (tertiary/aromatic N) is 1. The number of halogens is 2. The van der Waals surface area contributed by atoms with E-state index in [-0.39, 0.29) is 5.76 Å². The molecule has 0 amide bonds. The summed E-state index contributed by atoms with van der Waals surface area (Å²) in [5.74, 6) is 0.689. The van der Waals surface area contributed by atoms with E-state index >= 15 is 0 Å². The first kappa shape index (κ1) is 16.0. The first-order valence-electron chi connectivity index (χ1n) is 7.32. The smallest absolute Gasteiger partial charge is 0.505 e. The van der Waals surface area contributed by atoms with Gasteiger partial charge < -0.3 is 9.39 Å². The number of fused-ring (bicyclic) bond motifs is 1. The molecule has 3 nitrogen and oxygen atoms in total. The molecule has 0 aliphatic heterocycles.